The molecule has 1 aromatic heterocycles. The number of methoxy groups -OCH3 is 1. The van der Waals surface area contributed by atoms with Crippen LogP contribution < -0.4 is 5.32 Å². The maximum atomic E-state index is 12.9. The van der Waals surface area contributed by atoms with Crippen LogP contribution in [0.15, 0.2) is 24.4 Å². The third kappa shape index (κ3) is 4.25. The average Bonchev–Trinajstić information content (AvgIpc) is 2.52. The smallest absolute Gasteiger partial charge is 0.230 e. The number of hydrogen-bond acceptors (Lipinski definition) is 4. The minimum Gasteiger partial charge on any atom is -0.383 e. The summed E-state index contributed by atoms with van der Waals surface area (Å²) < 4.78 is 5.15. The lowest BCUT2D eigenvalue weighted by Crippen LogP contribution is -2.50. The maximum absolute atomic E-state index is 12.9. The van der Waals surface area contributed by atoms with Crippen LogP contribution in [-0.4, -0.2) is 49.1 Å². The molecule has 21 heavy (non-hydrogen) atoms. The van der Waals surface area contributed by atoms with E-state index in [1.807, 2.05) is 23.1 Å². The van der Waals surface area contributed by atoms with Crippen LogP contribution >= 0.6 is 0 Å². The molecule has 1 unspecified atom stereocenters. The highest BCUT2D eigenvalue weighted by Gasteiger charge is 2.37. The molecule has 1 aliphatic rings. The molecule has 0 aliphatic carbocycles. The Balaban J connectivity index is 2.09. The van der Waals surface area contributed by atoms with Crippen LogP contribution in [0.3, 0.4) is 0 Å². The molecule has 1 aromatic rings. The normalized spacial score (nSPS) is 22.0. The molecule has 1 atom stereocenters. The zero-order chi connectivity index (χ0) is 15.1. The van der Waals surface area contributed by atoms with Crippen LogP contribution in [0.2, 0.25) is 0 Å². The van der Waals surface area contributed by atoms with Gasteiger partial charge in [0.2, 0.25) is 5.91 Å². The summed E-state index contributed by atoms with van der Waals surface area (Å²) in [7, 11) is 1.66. The van der Waals surface area contributed by atoms with E-state index in [1.165, 1.54) is 0 Å². The quantitative estimate of drug-likeness (QED) is 0.862. The molecule has 1 amide bonds. The Morgan fingerprint density at radius 3 is 3.00 bits per heavy atom. The van der Waals surface area contributed by atoms with Gasteiger partial charge in [0.05, 0.1) is 24.3 Å². The zero-order valence-corrected chi connectivity index (χ0v) is 13.0. The lowest BCUT2D eigenvalue weighted by Gasteiger charge is -2.37. The summed E-state index contributed by atoms with van der Waals surface area (Å²) in [6.45, 7) is 5.49. The van der Waals surface area contributed by atoms with Crippen LogP contribution in [0, 0.1) is 5.41 Å². The number of pyridine rings is 1. The van der Waals surface area contributed by atoms with Gasteiger partial charge in [0.15, 0.2) is 0 Å². The van der Waals surface area contributed by atoms with Gasteiger partial charge in [0, 0.05) is 26.4 Å². The van der Waals surface area contributed by atoms with E-state index < -0.39 is 0 Å². The molecular weight excluding hydrogens is 266 g/mol. The van der Waals surface area contributed by atoms with Gasteiger partial charge in [-0.15, -0.1) is 0 Å². The van der Waals surface area contributed by atoms with E-state index in [0.717, 1.165) is 31.6 Å². The van der Waals surface area contributed by atoms with Gasteiger partial charge in [-0.25, -0.2) is 0 Å². The summed E-state index contributed by atoms with van der Waals surface area (Å²) in [5.41, 5.74) is 0.593. The Morgan fingerprint density at radius 2 is 2.38 bits per heavy atom. The number of nitrogens with one attached hydrogen (secondary N) is 1. The van der Waals surface area contributed by atoms with Gasteiger partial charge in [-0.2, -0.15) is 0 Å². The average molecular weight is 291 g/mol. The van der Waals surface area contributed by atoms with Crippen molar-refractivity contribution in [1.82, 2.24) is 15.2 Å². The van der Waals surface area contributed by atoms with Crippen molar-refractivity contribution in [2.24, 2.45) is 5.41 Å². The SMILES string of the molecule is COCCN(Cc1ccccn1)C(=O)C1(C)CCCNC1. The van der Waals surface area contributed by atoms with Crippen LogP contribution in [-0.2, 0) is 16.1 Å². The van der Waals surface area contributed by atoms with E-state index in [4.69, 9.17) is 4.74 Å². The second-order valence-corrected chi connectivity index (χ2v) is 5.88. The fourth-order valence-electron chi connectivity index (χ4n) is 2.76. The molecule has 1 saturated heterocycles. The molecule has 116 valence electrons. The summed E-state index contributed by atoms with van der Waals surface area (Å²) >= 11 is 0. The molecule has 5 nitrogen and oxygen atoms in total. The van der Waals surface area contributed by atoms with Gasteiger partial charge in [0.25, 0.3) is 0 Å². The predicted molar refractivity (Wildman–Crippen MR) is 81.7 cm³/mol. The first-order valence-electron chi connectivity index (χ1n) is 7.55. The fraction of sp³-hybridized carbons (Fsp3) is 0.625. The van der Waals surface area contributed by atoms with E-state index in [1.54, 1.807) is 13.3 Å². The number of rotatable bonds is 6. The molecule has 0 bridgehead atoms. The number of ether oxygens (including phenoxy) is 1. The lowest BCUT2D eigenvalue weighted by molar-refractivity contribution is -0.143. The first-order valence-corrected chi connectivity index (χ1v) is 7.55. The lowest BCUT2D eigenvalue weighted by atomic mass is 9.81. The van der Waals surface area contributed by atoms with Crippen molar-refractivity contribution < 1.29 is 9.53 Å². The fourth-order valence-corrected chi connectivity index (χ4v) is 2.76. The standard InChI is InChI=1S/C16H25N3O2/c1-16(7-5-8-17-13-16)15(20)19(10-11-21-2)12-14-6-3-4-9-18-14/h3-4,6,9,17H,5,7-8,10-13H2,1-2H3. The van der Waals surface area contributed by atoms with E-state index in [2.05, 4.69) is 17.2 Å². The number of amides is 1. The largest absolute Gasteiger partial charge is 0.383 e. The Labute approximate surface area is 126 Å². The van der Waals surface area contributed by atoms with E-state index >= 15 is 0 Å². The first-order chi connectivity index (χ1) is 10.2. The van der Waals surface area contributed by atoms with E-state index in [-0.39, 0.29) is 11.3 Å². The number of hydrogen-bond donors (Lipinski definition) is 1. The highest BCUT2D eigenvalue weighted by Crippen LogP contribution is 2.28. The Hall–Kier alpha value is -1.46. The van der Waals surface area contributed by atoms with Crippen molar-refractivity contribution in [2.45, 2.75) is 26.3 Å². The van der Waals surface area contributed by atoms with Crippen molar-refractivity contribution in [1.29, 1.82) is 0 Å². The Kier molecular flexibility index (Phi) is 5.70. The van der Waals surface area contributed by atoms with E-state index in [0.29, 0.717) is 19.7 Å². The zero-order valence-electron chi connectivity index (χ0n) is 13.0. The molecule has 0 radical (unpaired) electrons. The first kappa shape index (κ1) is 15.9. The molecule has 2 heterocycles. The molecule has 0 saturated carbocycles. The van der Waals surface area contributed by atoms with Gasteiger partial charge in [-0.1, -0.05) is 6.07 Å². The predicted octanol–water partition coefficient (Wildman–Crippen LogP) is 1.45. The van der Waals surface area contributed by atoms with Gasteiger partial charge in [-0.05, 0) is 38.4 Å². The summed E-state index contributed by atoms with van der Waals surface area (Å²) in [5.74, 6) is 0.192. The third-order valence-electron chi connectivity index (χ3n) is 4.05. The summed E-state index contributed by atoms with van der Waals surface area (Å²) in [6.07, 6.45) is 3.74. The second kappa shape index (κ2) is 7.52. The van der Waals surface area contributed by atoms with Crippen molar-refractivity contribution in [2.75, 3.05) is 33.4 Å². The molecular formula is C16H25N3O2. The number of carbonyl (C=O) groups excluding carboxylic acids is 1. The van der Waals surface area contributed by atoms with Crippen molar-refractivity contribution in [3.63, 3.8) is 0 Å². The second-order valence-electron chi connectivity index (χ2n) is 5.88. The van der Waals surface area contributed by atoms with Crippen LogP contribution in [0.5, 0.6) is 0 Å². The third-order valence-corrected chi connectivity index (χ3v) is 4.05. The number of nitrogens with zero attached hydrogens (tertiary/aromatic N) is 2. The van der Waals surface area contributed by atoms with Gasteiger partial charge in [-0.3, -0.25) is 9.78 Å². The van der Waals surface area contributed by atoms with Crippen molar-refractivity contribution >= 4 is 5.91 Å². The van der Waals surface area contributed by atoms with Crippen molar-refractivity contribution in [3.8, 4) is 0 Å². The molecule has 0 aromatic carbocycles. The molecule has 1 N–H and O–H groups in total. The molecule has 2 rings (SSSR count). The van der Waals surface area contributed by atoms with E-state index in [9.17, 15) is 4.79 Å². The topological polar surface area (TPSA) is 54.5 Å². The Bertz CT molecular complexity index is 444. The van der Waals surface area contributed by atoms with Gasteiger partial charge in [0.1, 0.15) is 0 Å². The highest BCUT2D eigenvalue weighted by atomic mass is 16.5. The number of carbonyl (C=O) groups is 1. The van der Waals surface area contributed by atoms with Crippen molar-refractivity contribution in [3.05, 3.63) is 30.1 Å². The maximum Gasteiger partial charge on any atom is 0.230 e. The number of piperidine rings is 1. The molecule has 1 fully saturated rings. The molecule has 0 spiro atoms. The minimum absolute atomic E-state index is 0.192. The summed E-state index contributed by atoms with van der Waals surface area (Å²) in [4.78, 5) is 19.1. The van der Waals surface area contributed by atoms with Crippen LogP contribution in [0.1, 0.15) is 25.5 Å². The molecule has 5 heteroatoms. The van der Waals surface area contributed by atoms with Crippen LogP contribution in [0.4, 0.5) is 0 Å². The van der Waals surface area contributed by atoms with Gasteiger partial charge < -0.3 is 15.0 Å². The summed E-state index contributed by atoms with van der Waals surface area (Å²) in [5, 5.41) is 3.34. The number of aromatic nitrogens is 1. The Morgan fingerprint density at radius 1 is 1.52 bits per heavy atom. The molecule has 1 aliphatic heterocycles. The minimum atomic E-state index is -0.319. The monoisotopic (exact) mass is 291 g/mol. The summed E-state index contributed by atoms with van der Waals surface area (Å²) in [6, 6.07) is 5.79. The van der Waals surface area contributed by atoms with Gasteiger partial charge >= 0.3 is 0 Å². The highest BCUT2D eigenvalue weighted by molar-refractivity contribution is 5.82. The van der Waals surface area contributed by atoms with Crippen LogP contribution in [0.25, 0.3) is 0 Å².